The summed E-state index contributed by atoms with van der Waals surface area (Å²) >= 11 is 5.30. The molecule has 2 N–H and O–H groups in total. The van der Waals surface area contributed by atoms with Gasteiger partial charge in [0.25, 0.3) is 0 Å². The number of hydrogen-bond donors (Lipinski definition) is 1. The number of nitrogens with zero attached hydrogens (tertiary/aromatic N) is 3. The van der Waals surface area contributed by atoms with Crippen molar-refractivity contribution in [2.24, 2.45) is 5.10 Å². The second kappa shape index (κ2) is 4.93. The quantitative estimate of drug-likeness (QED) is 0.525. The molecule has 8 heteroatoms. The zero-order chi connectivity index (χ0) is 14.2. The molecule has 0 aliphatic heterocycles. The highest BCUT2D eigenvalue weighted by Crippen LogP contribution is 2.22. The normalized spacial score (nSPS) is 11.4. The van der Waals surface area contributed by atoms with Crippen molar-refractivity contribution in [1.82, 2.24) is 9.66 Å². The predicted octanol–water partition coefficient (Wildman–Crippen LogP) is 2.73. The van der Waals surface area contributed by atoms with Crippen LogP contribution in [0.3, 0.4) is 0 Å². The molecule has 1 heterocycles. The fourth-order valence-electron chi connectivity index (χ4n) is 1.41. The number of rotatable bonds is 2. The molecule has 0 saturated heterocycles. The summed E-state index contributed by atoms with van der Waals surface area (Å²) in [6.45, 7) is 1.67. The first kappa shape index (κ1) is 13.4. The maximum atomic E-state index is 13.5. The minimum Gasteiger partial charge on any atom is -0.368 e. The largest absolute Gasteiger partial charge is 0.368 e. The van der Waals surface area contributed by atoms with Gasteiger partial charge in [-0.2, -0.15) is 5.10 Å². The average molecular weight is 289 g/mol. The van der Waals surface area contributed by atoms with E-state index in [4.69, 9.17) is 17.3 Å². The van der Waals surface area contributed by atoms with Crippen LogP contribution in [0.4, 0.5) is 19.1 Å². The predicted molar refractivity (Wildman–Crippen MR) is 65.7 cm³/mol. The molecule has 1 aromatic carbocycles. The van der Waals surface area contributed by atoms with Crippen LogP contribution >= 0.6 is 11.6 Å². The standard InChI is InChI=1S/C11H8ClF3N4/c1-5-4-19(11(16)18-5)17-3-6-8(13)2-7(12)10(15)9(6)14/h2-4H,1H3,(H2,16,18). The van der Waals surface area contributed by atoms with Gasteiger partial charge in [0.05, 0.1) is 28.7 Å². The molecule has 0 saturated carbocycles. The highest BCUT2D eigenvalue weighted by Gasteiger charge is 2.16. The number of aryl methyl sites for hydroxylation is 1. The van der Waals surface area contributed by atoms with E-state index < -0.39 is 28.0 Å². The smallest absolute Gasteiger partial charge is 0.221 e. The number of halogens is 4. The van der Waals surface area contributed by atoms with Crippen LogP contribution in [0.25, 0.3) is 0 Å². The Morgan fingerprint density at radius 2 is 2.05 bits per heavy atom. The van der Waals surface area contributed by atoms with E-state index in [0.29, 0.717) is 11.8 Å². The summed E-state index contributed by atoms with van der Waals surface area (Å²) in [7, 11) is 0. The molecule has 1 aromatic heterocycles. The Labute approximate surface area is 111 Å². The van der Waals surface area contributed by atoms with E-state index in [-0.39, 0.29) is 5.95 Å². The van der Waals surface area contributed by atoms with E-state index in [1.807, 2.05) is 0 Å². The lowest BCUT2D eigenvalue weighted by Gasteiger charge is -2.02. The lowest BCUT2D eigenvalue weighted by Crippen LogP contribution is -2.02. The summed E-state index contributed by atoms with van der Waals surface area (Å²) in [5.74, 6) is -3.73. The zero-order valence-corrected chi connectivity index (χ0v) is 10.4. The Balaban J connectivity index is 2.44. The van der Waals surface area contributed by atoms with E-state index >= 15 is 0 Å². The van der Waals surface area contributed by atoms with Crippen molar-refractivity contribution in [3.63, 3.8) is 0 Å². The minimum absolute atomic E-state index is 0.0454. The van der Waals surface area contributed by atoms with Crippen molar-refractivity contribution in [3.05, 3.63) is 46.0 Å². The topological polar surface area (TPSA) is 56.2 Å². The number of hydrogen-bond acceptors (Lipinski definition) is 3. The molecule has 0 unspecified atom stereocenters. The number of anilines is 1. The SMILES string of the molecule is Cc1cn(N=Cc2c(F)cc(Cl)c(F)c2F)c(N)n1. The molecule has 4 nitrogen and oxygen atoms in total. The molecule has 2 rings (SSSR count). The van der Waals surface area contributed by atoms with E-state index in [1.165, 1.54) is 6.20 Å². The van der Waals surface area contributed by atoms with E-state index in [1.54, 1.807) is 6.92 Å². The second-order valence-corrected chi connectivity index (χ2v) is 4.12. The van der Waals surface area contributed by atoms with Crippen LogP contribution in [-0.4, -0.2) is 15.9 Å². The van der Waals surface area contributed by atoms with Gasteiger partial charge < -0.3 is 5.73 Å². The van der Waals surface area contributed by atoms with Crippen molar-refractivity contribution in [3.8, 4) is 0 Å². The number of benzene rings is 1. The molecular weight excluding hydrogens is 281 g/mol. The summed E-state index contributed by atoms with van der Waals surface area (Å²) in [4.78, 5) is 3.84. The molecule has 0 fully saturated rings. The molecule has 0 bridgehead atoms. The third kappa shape index (κ3) is 2.55. The fraction of sp³-hybridized carbons (Fsp3) is 0.0909. The maximum Gasteiger partial charge on any atom is 0.221 e. The first-order valence-electron chi connectivity index (χ1n) is 5.09. The van der Waals surface area contributed by atoms with Crippen LogP contribution in [0.5, 0.6) is 0 Å². The Morgan fingerprint density at radius 1 is 1.37 bits per heavy atom. The van der Waals surface area contributed by atoms with Crippen molar-refractivity contribution >= 4 is 23.8 Å². The van der Waals surface area contributed by atoms with Gasteiger partial charge in [-0.05, 0) is 13.0 Å². The highest BCUT2D eigenvalue weighted by molar-refractivity contribution is 6.30. The van der Waals surface area contributed by atoms with Crippen molar-refractivity contribution in [1.29, 1.82) is 0 Å². The Hall–Kier alpha value is -2.02. The van der Waals surface area contributed by atoms with Gasteiger partial charge in [-0.3, -0.25) is 0 Å². The Bertz CT molecular complexity index is 666. The van der Waals surface area contributed by atoms with Gasteiger partial charge in [0.1, 0.15) is 5.82 Å². The number of aromatic nitrogens is 2. The second-order valence-electron chi connectivity index (χ2n) is 3.71. The Morgan fingerprint density at radius 3 is 2.63 bits per heavy atom. The maximum absolute atomic E-state index is 13.5. The van der Waals surface area contributed by atoms with Gasteiger partial charge in [-0.25, -0.2) is 22.8 Å². The molecular formula is C11H8ClF3N4. The number of nitrogen functional groups attached to an aromatic ring is 1. The molecule has 0 radical (unpaired) electrons. The molecule has 100 valence electrons. The Kier molecular flexibility index (Phi) is 3.48. The fourth-order valence-corrected chi connectivity index (χ4v) is 1.59. The van der Waals surface area contributed by atoms with E-state index in [2.05, 4.69) is 10.1 Å². The van der Waals surface area contributed by atoms with Crippen molar-refractivity contribution < 1.29 is 13.2 Å². The van der Waals surface area contributed by atoms with Gasteiger partial charge >= 0.3 is 0 Å². The summed E-state index contributed by atoms with van der Waals surface area (Å²) < 4.78 is 41.3. The summed E-state index contributed by atoms with van der Waals surface area (Å²) in [5, 5.41) is 3.07. The van der Waals surface area contributed by atoms with Crippen molar-refractivity contribution in [2.75, 3.05) is 5.73 Å². The molecule has 0 aliphatic rings. The molecule has 2 aromatic rings. The summed E-state index contributed by atoms with van der Waals surface area (Å²) in [6.07, 6.45) is 2.26. The van der Waals surface area contributed by atoms with E-state index in [0.717, 1.165) is 10.9 Å². The molecule has 19 heavy (non-hydrogen) atoms. The lowest BCUT2D eigenvalue weighted by molar-refractivity contribution is 0.493. The molecule has 0 aliphatic carbocycles. The van der Waals surface area contributed by atoms with Gasteiger partial charge in [0.15, 0.2) is 11.6 Å². The average Bonchev–Trinajstić information content (AvgIpc) is 2.65. The van der Waals surface area contributed by atoms with Crippen LogP contribution in [0, 0.1) is 24.4 Å². The molecule has 0 spiro atoms. The molecule has 0 atom stereocenters. The van der Waals surface area contributed by atoms with Gasteiger partial charge in [-0.15, -0.1) is 0 Å². The number of nitrogens with two attached hydrogens (primary N) is 1. The van der Waals surface area contributed by atoms with Crippen LogP contribution in [0.15, 0.2) is 17.4 Å². The van der Waals surface area contributed by atoms with Crippen LogP contribution < -0.4 is 5.73 Å². The third-order valence-corrected chi connectivity index (χ3v) is 2.57. The van der Waals surface area contributed by atoms with Gasteiger partial charge in [0.2, 0.25) is 5.95 Å². The third-order valence-electron chi connectivity index (χ3n) is 2.30. The number of imidazole rings is 1. The lowest BCUT2D eigenvalue weighted by atomic mass is 10.2. The van der Waals surface area contributed by atoms with Crippen LogP contribution in [0.2, 0.25) is 5.02 Å². The highest BCUT2D eigenvalue weighted by atomic mass is 35.5. The van der Waals surface area contributed by atoms with Gasteiger partial charge in [-0.1, -0.05) is 11.6 Å². The first-order valence-corrected chi connectivity index (χ1v) is 5.46. The van der Waals surface area contributed by atoms with Gasteiger partial charge in [0, 0.05) is 0 Å². The summed E-state index contributed by atoms with van der Waals surface area (Å²) in [6, 6.07) is 0.670. The first-order chi connectivity index (χ1) is 8.90. The molecule has 0 amide bonds. The minimum atomic E-state index is -1.41. The zero-order valence-electron chi connectivity index (χ0n) is 9.66. The van der Waals surface area contributed by atoms with Crippen molar-refractivity contribution in [2.45, 2.75) is 6.92 Å². The van der Waals surface area contributed by atoms with Crippen LogP contribution in [0.1, 0.15) is 11.3 Å². The monoisotopic (exact) mass is 288 g/mol. The summed E-state index contributed by atoms with van der Waals surface area (Å²) in [5.41, 5.74) is 5.43. The van der Waals surface area contributed by atoms with E-state index in [9.17, 15) is 13.2 Å². The van der Waals surface area contributed by atoms with Crippen LogP contribution in [-0.2, 0) is 0 Å².